The molecular weight excluding hydrogens is 457 g/mol. The van der Waals surface area contributed by atoms with E-state index in [0.29, 0.717) is 28.9 Å². The lowest BCUT2D eigenvalue weighted by Gasteiger charge is -2.29. The molecule has 1 saturated heterocycles. The van der Waals surface area contributed by atoms with Crippen molar-refractivity contribution >= 4 is 29.0 Å². The van der Waals surface area contributed by atoms with E-state index in [4.69, 9.17) is 4.11 Å². The standard InChI is InChI=1S/C28H32FN5O2/c1-16(2)34-24(13-26(31-34)30-18(4)35)19-9-10-23(25(12-19)33-14-20-11-21(20)15-33)32(5)28(36)27-17(3)7-6-8-22(27)29/h6-10,12-13,16,20-21H,11,14-15H2,1-5H3,(H,30,31,35)/i5D3. The predicted molar refractivity (Wildman–Crippen MR) is 140 cm³/mol. The van der Waals surface area contributed by atoms with Gasteiger partial charge in [-0.05, 0) is 62.8 Å². The van der Waals surface area contributed by atoms with Crippen LogP contribution in [-0.4, -0.2) is 41.7 Å². The number of carbonyl (C=O) groups excluding carboxylic acids is 2. The van der Waals surface area contributed by atoms with Crippen molar-refractivity contribution in [3.05, 3.63) is 59.4 Å². The zero-order valence-electron chi connectivity index (χ0n) is 23.9. The van der Waals surface area contributed by atoms with Gasteiger partial charge in [0, 0.05) is 48.8 Å². The molecule has 0 spiro atoms. The average Bonchev–Trinajstić information content (AvgIpc) is 3.23. The van der Waals surface area contributed by atoms with Gasteiger partial charge in [0.25, 0.3) is 5.91 Å². The smallest absolute Gasteiger partial charge is 0.261 e. The SMILES string of the molecule is [2H]C([2H])([2H])N(C(=O)c1c(C)cccc1F)c1ccc(-c2cc(NC(C)=O)nn2C(C)C)cc1N1CC2CC2C1. The highest BCUT2D eigenvalue weighted by Crippen LogP contribution is 2.48. The zero-order valence-corrected chi connectivity index (χ0v) is 20.9. The minimum Gasteiger partial charge on any atom is -0.369 e. The first-order chi connectivity index (χ1) is 18.3. The van der Waals surface area contributed by atoms with E-state index in [9.17, 15) is 14.0 Å². The number of aryl methyl sites for hydroxylation is 1. The van der Waals surface area contributed by atoms with Crippen LogP contribution in [0.25, 0.3) is 11.3 Å². The minimum absolute atomic E-state index is 0.0189. The van der Waals surface area contributed by atoms with Gasteiger partial charge in [0.05, 0.1) is 22.6 Å². The number of hydrogen-bond donors (Lipinski definition) is 1. The van der Waals surface area contributed by atoms with Gasteiger partial charge in [-0.2, -0.15) is 5.10 Å². The zero-order chi connectivity index (χ0) is 28.2. The van der Waals surface area contributed by atoms with Gasteiger partial charge in [-0.3, -0.25) is 14.3 Å². The lowest BCUT2D eigenvalue weighted by molar-refractivity contribution is -0.114. The molecule has 3 aromatic rings. The number of amides is 2. The predicted octanol–water partition coefficient (Wildman–Crippen LogP) is 5.27. The van der Waals surface area contributed by atoms with Crippen molar-refractivity contribution in [3.63, 3.8) is 0 Å². The van der Waals surface area contributed by atoms with Crippen LogP contribution in [0.1, 0.15) is 53.3 Å². The Balaban J connectivity index is 1.66. The minimum atomic E-state index is -2.86. The van der Waals surface area contributed by atoms with Gasteiger partial charge in [-0.1, -0.05) is 18.2 Å². The number of nitrogens with zero attached hydrogens (tertiary/aromatic N) is 4. The van der Waals surface area contributed by atoms with E-state index in [1.54, 1.807) is 35.9 Å². The summed E-state index contributed by atoms with van der Waals surface area (Å²) in [5.41, 5.74) is 2.39. The molecule has 188 valence electrons. The lowest BCUT2D eigenvalue weighted by atomic mass is 10.0. The average molecular weight is 493 g/mol. The number of rotatable bonds is 6. The number of hydrogen-bond acceptors (Lipinski definition) is 4. The number of carbonyl (C=O) groups is 2. The maximum Gasteiger partial charge on any atom is 0.261 e. The first kappa shape index (κ1) is 20.5. The normalized spacial score (nSPS) is 19.9. The second kappa shape index (κ2) is 9.08. The second-order valence-electron chi connectivity index (χ2n) is 10.1. The summed E-state index contributed by atoms with van der Waals surface area (Å²) < 4.78 is 41.5. The summed E-state index contributed by atoms with van der Waals surface area (Å²) in [5.74, 6) is -0.420. The molecule has 8 heteroatoms. The van der Waals surface area contributed by atoms with Crippen LogP contribution in [0.4, 0.5) is 21.6 Å². The van der Waals surface area contributed by atoms with Crippen LogP contribution in [0.5, 0.6) is 0 Å². The Bertz CT molecular complexity index is 1420. The van der Waals surface area contributed by atoms with Gasteiger partial charge in [0.1, 0.15) is 5.82 Å². The summed E-state index contributed by atoms with van der Waals surface area (Å²) in [6, 6.07) is 11.2. The molecule has 7 nitrogen and oxygen atoms in total. The Morgan fingerprint density at radius 3 is 2.58 bits per heavy atom. The van der Waals surface area contributed by atoms with E-state index < -0.39 is 18.7 Å². The lowest BCUT2D eigenvalue weighted by Crippen LogP contribution is -2.31. The van der Waals surface area contributed by atoms with Gasteiger partial charge in [0.15, 0.2) is 5.82 Å². The molecule has 2 heterocycles. The summed E-state index contributed by atoms with van der Waals surface area (Å²) in [6.07, 6.45) is 1.14. The highest BCUT2D eigenvalue weighted by molar-refractivity contribution is 6.08. The fourth-order valence-electron chi connectivity index (χ4n) is 5.09. The first-order valence-corrected chi connectivity index (χ1v) is 12.2. The van der Waals surface area contributed by atoms with Crippen LogP contribution in [0.2, 0.25) is 0 Å². The van der Waals surface area contributed by atoms with Gasteiger partial charge < -0.3 is 15.1 Å². The molecule has 1 saturated carbocycles. The van der Waals surface area contributed by atoms with Crippen molar-refractivity contribution < 1.29 is 18.1 Å². The number of fused-ring (bicyclic) bond motifs is 1. The van der Waals surface area contributed by atoms with E-state index >= 15 is 0 Å². The number of aromatic nitrogens is 2. The Morgan fingerprint density at radius 2 is 1.94 bits per heavy atom. The second-order valence-corrected chi connectivity index (χ2v) is 10.1. The molecule has 2 atom stereocenters. The first-order valence-electron chi connectivity index (χ1n) is 13.7. The van der Waals surface area contributed by atoms with Crippen molar-refractivity contribution in [1.29, 1.82) is 0 Å². The van der Waals surface area contributed by atoms with Crippen molar-refractivity contribution in [2.24, 2.45) is 11.8 Å². The van der Waals surface area contributed by atoms with Crippen molar-refractivity contribution in [1.82, 2.24) is 9.78 Å². The van der Waals surface area contributed by atoms with Crippen molar-refractivity contribution in [2.75, 3.05) is 35.2 Å². The molecule has 1 aliphatic heterocycles. The molecule has 2 unspecified atom stereocenters. The molecule has 0 radical (unpaired) electrons. The third-order valence-corrected chi connectivity index (χ3v) is 7.00. The van der Waals surface area contributed by atoms with Crippen molar-refractivity contribution in [2.45, 2.75) is 40.2 Å². The summed E-state index contributed by atoms with van der Waals surface area (Å²) in [4.78, 5) is 28.2. The molecule has 0 bridgehead atoms. The van der Waals surface area contributed by atoms with Gasteiger partial charge in [-0.25, -0.2) is 4.39 Å². The van der Waals surface area contributed by atoms with Gasteiger partial charge in [-0.15, -0.1) is 0 Å². The van der Waals surface area contributed by atoms with Gasteiger partial charge >= 0.3 is 0 Å². The highest BCUT2D eigenvalue weighted by Gasteiger charge is 2.45. The number of piperidine rings is 1. The van der Waals surface area contributed by atoms with E-state index in [0.717, 1.165) is 41.7 Å². The molecule has 2 aromatic carbocycles. The van der Waals surface area contributed by atoms with E-state index in [1.165, 1.54) is 13.0 Å². The van der Waals surface area contributed by atoms with E-state index in [2.05, 4.69) is 15.3 Å². The molecule has 1 N–H and O–H groups in total. The highest BCUT2D eigenvalue weighted by atomic mass is 19.1. The van der Waals surface area contributed by atoms with Gasteiger partial charge in [0.2, 0.25) is 5.91 Å². The molecule has 1 aliphatic carbocycles. The van der Waals surface area contributed by atoms with Crippen LogP contribution in [0.3, 0.4) is 0 Å². The fraction of sp³-hybridized carbons (Fsp3) is 0.393. The molecule has 2 fully saturated rings. The molecule has 5 rings (SSSR count). The summed E-state index contributed by atoms with van der Waals surface area (Å²) in [7, 11) is 0. The fourth-order valence-corrected chi connectivity index (χ4v) is 5.09. The van der Waals surface area contributed by atoms with E-state index in [-0.39, 0.29) is 23.2 Å². The number of anilines is 3. The largest absolute Gasteiger partial charge is 0.369 e. The molecule has 2 amide bonds. The van der Waals surface area contributed by atoms with Crippen LogP contribution in [0, 0.1) is 24.6 Å². The number of halogens is 1. The maximum absolute atomic E-state index is 14.8. The maximum atomic E-state index is 14.8. The molecule has 2 aliphatic rings. The van der Waals surface area contributed by atoms with E-state index in [1.807, 2.05) is 19.9 Å². The monoisotopic (exact) mass is 492 g/mol. The topological polar surface area (TPSA) is 70.5 Å². The van der Waals surface area contributed by atoms with Crippen LogP contribution in [-0.2, 0) is 4.79 Å². The number of benzene rings is 2. The van der Waals surface area contributed by atoms with Crippen LogP contribution < -0.4 is 15.1 Å². The Kier molecular flexibility index (Phi) is 5.17. The quantitative estimate of drug-likeness (QED) is 0.509. The Labute approximate surface area is 215 Å². The third kappa shape index (κ3) is 4.36. The molecule has 1 aromatic heterocycles. The molecular formula is C28H32FN5O2. The summed E-state index contributed by atoms with van der Waals surface area (Å²) in [5, 5.41) is 7.25. The Morgan fingerprint density at radius 1 is 1.19 bits per heavy atom. The summed E-state index contributed by atoms with van der Waals surface area (Å²) >= 11 is 0. The van der Waals surface area contributed by atoms with Crippen LogP contribution in [0.15, 0.2) is 42.5 Å². The molecule has 36 heavy (non-hydrogen) atoms. The third-order valence-electron chi connectivity index (χ3n) is 7.00. The number of nitrogens with one attached hydrogen (secondary N) is 1. The Hall–Kier alpha value is -3.68. The van der Waals surface area contributed by atoms with Crippen LogP contribution >= 0.6 is 0 Å². The van der Waals surface area contributed by atoms with Crippen molar-refractivity contribution in [3.8, 4) is 11.3 Å². The summed E-state index contributed by atoms with van der Waals surface area (Å²) in [6.45, 7) is 5.60.